The Labute approximate surface area is 87.0 Å². The predicted molar refractivity (Wildman–Crippen MR) is 53.9 cm³/mol. The summed E-state index contributed by atoms with van der Waals surface area (Å²) in [6.07, 6.45) is 2.09. The van der Waals surface area contributed by atoms with Crippen LogP contribution in [0.5, 0.6) is 0 Å². The third-order valence-electron chi connectivity index (χ3n) is 2.37. The summed E-state index contributed by atoms with van der Waals surface area (Å²) in [5.41, 5.74) is 1.72. The van der Waals surface area contributed by atoms with Crippen LogP contribution in [0.4, 0.5) is 4.39 Å². The lowest BCUT2D eigenvalue weighted by molar-refractivity contribution is 0.218. The average Bonchev–Trinajstić information content (AvgIpc) is 2.74. The molecule has 0 aliphatic heterocycles. The number of halogens is 1. The highest BCUT2D eigenvalue weighted by molar-refractivity contribution is 5.30. The Balaban J connectivity index is 2.34. The van der Waals surface area contributed by atoms with Crippen molar-refractivity contribution in [3.8, 4) is 0 Å². The zero-order chi connectivity index (χ0) is 10.8. The number of rotatable bonds is 2. The van der Waals surface area contributed by atoms with Crippen molar-refractivity contribution < 1.29 is 13.9 Å². The molecule has 0 unspecified atom stereocenters. The molecule has 0 saturated heterocycles. The lowest BCUT2D eigenvalue weighted by atomic mass is 10.0. The molecule has 0 aliphatic rings. The van der Waals surface area contributed by atoms with Crippen molar-refractivity contribution in [3.05, 3.63) is 59.3 Å². The summed E-state index contributed by atoms with van der Waals surface area (Å²) in [7, 11) is 0. The molecule has 1 N–H and O–H groups in total. The summed E-state index contributed by atoms with van der Waals surface area (Å²) in [6, 6.07) is 6.35. The predicted octanol–water partition coefficient (Wildman–Crippen LogP) is 2.81. The second-order valence-electron chi connectivity index (χ2n) is 3.47. The van der Waals surface area contributed by atoms with Gasteiger partial charge in [-0.05, 0) is 30.2 Å². The molecule has 1 aromatic carbocycles. The van der Waals surface area contributed by atoms with Gasteiger partial charge < -0.3 is 9.52 Å². The molecular formula is C12H11FO2. The van der Waals surface area contributed by atoms with Crippen LogP contribution in [-0.4, -0.2) is 5.11 Å². The third-order valence-corrected chi connectivity index (χ3v) is 2.37. The topological polar surface area (TPSA) is 33.4 Å². The second-order valence-corrected chi connectivity index (χ2v) is 3.47. The highest BCUT2D eigenvalue weighted by atomic mass is 19.1. The molecular weight excluding hydrogens is 195 g/mol. The first-order valence-electron chi connectivity index (χ1n) is 4.64. The van der Waals surface area contributed by atoms with Crippen LogP contribution in [0.15, 0.2) is 41.2 Å². The maximum absolute atomic E-state index is 13.2. The monoisotopic (exact) mass is 206 g/mol. The van der Waals surface area contributed by atoms with Crippen LogP contribution in [0.25, 0.3) is 0 Å². The van der Waals surface area contributed by atoms with E-state index in [-0.39, 0.29) is 5.82 Å². The summed E-state index contributed by atoms with van der Waals surface area (Å²) in [5, 5.41) is 9.87. The van der Waals surface area contributed by atoms with E-state index in [0.717, 1.165) is 0 Å². The van der Waals surface area contributed by atoms with E-state index >= 15 is 0 Å². The summed E-state index contributed by atoms with van der Waals surface area (Å²) >= 11 is 0. The zero-order valence-corrected chi connectivity index (χ0v) is 8.27. The molecule has 1 aromatic heterocycles. The molecule has 2 aromatic rings. The van der Waals surface area contributed by atoms with Crippen molar-refractivity contribution in [3.63, 3.8) is 0 Å². The van der Waals surface area contributed by atoms with Gasteiger partial charge in [-0.1, -0.05) is 12.1 Å². The van der Waals surface area contributed by atoms with Gasteiger partial charge in [0, 0.05) is 5.56 Å². The Morgan fingerprint density at radius 2 is 2.07 bits per heavy atom. The van der Waals surface area contributed by atoms with E-state index in [0.29, 0.717) is 16.7 Å². The molecule has 0 bridgehead atoms. The molecule has 0 amide bonds. The van der Waals surface area contributed by atoms with Gasteiger partial charge >= 0.3 is 0 Å². The van der Waals surface area contributed by atoms with Crippen molar-refractivity contribution in [2.75, 3.05) is 0 Å². The van der Waals surface area contributed by atoms with Gasteiger partial charge in [-0.2, -0.15) is 0 Å². The van der Waals surface area contributed by atoms with E-state index in [9.17, 15) is 9.50 Å². The van der Waals surface area contributed by atoms with Crippen LogP contribution in [-0.2, 0) is 0 Å². The Bertz CT molecular complexity index is 449. The number of aliphatic hydroxyl groups excluding tert-OH is 1. The fourth-order valence-electron chi connectivity index (χ4n) is 1.40. The van der Waals surface area contributed by atoms with Crippen LogP contribution < -0.4 is 0 Å². The van der Waals surface area contributed by atoms with Gasteiger partial charge in [-0.25, -0.2) is 4.39 Å². The number of hydrogen-bond acceptors (Lipinski definition) is 2. The van der Waals surface area contributed by atoms with Crippen molar-refractivity contribution in [1.29, 1.82) is 0 Å². The fraction of sp³-hybridized carbons (Fsp3) is 0.167. The first-order valence-corrected chi connectivity index (χ1v) is 4.64. The van der Waals surface area contributed by atoms with Gasteiger partial charge in [0.05, 0.1) is 12.5 Å². The SMILES string of the molecule is Cc1ccc([C@H](O)c2ccoc2)cc1F. The first kappa shape index (κ1) is 9.93. The molecule has 1 heterocycles. The maximum Gasteiger partial charge on any atom is 0.126 e. The standard InChI is InChI=1S/C12H11FO2/c1-8-2-3-9(6-11(8)13)12(14)10-4-5-15-7-10/h2-7,12,14H,1H3/t12-/m0/s1. The summed E-state index contributed by atoms with van der Waals surface area (Å²) in [4.78, 5) is 0. The largest absolute Gasteiger partial charge is 0.472 e. The van der Waals surface area contributed by atoms with Crippen LogP contribution >= 0.6 is 0 Å². The van der Waals surface area contributed by atoms with Gasteiger partial charge in [0.15, 0.2) is 0 Å². The summed E-state index contributed by atoms with van der Waals surface area (Å²) in [5.74, 6) is -0.310. The first-order chi connectivity index (χ1) is 7.18. The Hall–Kier alpha value is -1.61. The minimum atomic E-state index is -0.834. The van der Waals surface area contributed by atoms with E-state index in [1.54, 1.807) is 25.1 Å². The average molecular weight is 206 g/mol. The van der Waals surface area contributed by atoms with Crippen LogP contribution in [0.3, 0.4) is 0 Å². The number of aryl methyl sites for hydroxylation is 1. The van der Waals surface area contributed by atoms with Gasteiger partial charge in [-0.15, -0.1) is 0 Å². The van der Waals surface area contributed by atoms with Gasteiger partial charge in [-0.3, -0.25) is 0 Å². The molecule has 3 heteroatoms. The van der Waals surface area contributed by atoms with Crippen molar-refractivity contribution in [2.45, 2.75) is 13.0 Å². The normalized spacial score (nSPS) is 12.7. The third kappa shape index (κ3) is 1.92. The van der Waals surface area contributed by atoms with E-state index in [1.165, 1.54) is 18.6 Å². The number of benzene rings is 1. The van der Waals surface area contributed by atoms with Gasteiger partial charge in [0.1, 0.15) is 11.9 Å². The second kappa shape index (κ2) is 3.87. The number of furan rings is 1. The molecule has 0 radical (unpaired) electrons. The quantitative estimate of drug-likeness (QED) is 0.819. The van der Waals surface area contributed by atoms with E-state index in [4.69, 9.17) is 4.42 Å². The minimum absolute atomic E-state index is 0.310. The Kier molecular flexibility index (Phi) is 2.56. The van der Waals surface area contributed by atoms with E-state index < -0.39 is 6.10 Å². The molecule has 0 spiro atoms. The van der Waals surface area contributed by atoms with Gasteiger partial charge in [0.25, 0.3) is 0 Å². The smallest absolute Gasteiger partial charge is 0.126 e. The lowest BCUT2D eigenvalue weighted by Crippen LogP contribution is -1.99. The number of aliphatic hydroxyl groups is 1. The Morgan fingerprint density at radius 1 is 1.27 bits per heavy atom. The lowest BCUT2D eigenvalue weighted by Gasteiger charge is -2.09. The molecule has 0 aliphatic carbocycles. The van der Waals surface area contributed by atoms with Crippen molar-refractivity contribution in [1.82, 2.24) is 0 Å². The Morgan fingerprint density at radius 3 is 2.67 bits per heavy atom. The van der Waals surface area contributed by atoms with Crippen LogP contribution in [0, 0.1) is 12.7 Å². The molecule has 78 valence electrons. The van der Waals surface area contributed by atoms with Crippen molar-refractivity contribution in [2.24, 2.45) is 0 Å². The highest BCUT2D eigenvalue weighted by Gasteiger charge is 2.12. The van der Waals surface area contributed by atoms with E-state index in [1.807, 2.05) is 0 Å². The van der Waals surface area contributed by atoms with Gasteiger partial charge in [0.2, 0.25) is 0 Å². The molecule has 0 fully saturated rings. The molecule has 15 heavy (non-hydrogen) atoms. The van der Waals surface area contributed by atoms with Crippen LogP contribution in [0.1, 0.15) is 22.8 Å². The molecule has 1 atom stereocenters. The zero-order valence-electron chi connectivity index (χ0n) is 8.27. The molecule has 2 rings (SSSR count). The van der Waals surface area contributed by atoms with Crippen molar-refractivity contribution >= 4 is 0 Å². The molecule has 2 nitrogen and oxygen atoms in total. The van der Waals surface area contributed by atoms with E-state index in [2.05, 4.69) is 0 Å². The maximum atomic E-state index is 13.2. The summed E-state index contributed by atoms with van der Waals surface area (Å²) in [6.45, 7) is 1.68. The highest BCUT2D eigenvalue weighted by Crippen LogP contribution is 2.23. The molecule has 0 saturated carbocycles. The fourth-order valence-corrected chi connectivity index (χ4v) is 1.40. The van der Waals surface area contributed by atoms with Crippen LogP contribution in [0.2, 0.25) is 0 Å². The number of hydrogen-bond donors (Lipinski definition) is 1. The summed E-state index contributed by atoms with van der Waals surface area (Å²) < 4.78 is 18.1. The minimum Gasteiger partial charge on any atom is -0.472 e.